The summed E-state index contributed by atoms with van der Waals surface area (Å²) in [5, 5.41) is 23.4. The van der Waals surface area contributed by atoms with E-state index in [9.17, 15) is 18.3 Å². The molecule has 0 aliphatic carbocycles. The Labute approximate surface area is 189 Å². The van der Waals surface area contributed by atoms with Crippen LogP contribution in [-0.2, 0) is 18.8 Å². The molecule has 2 heterocycles. The number of nitrogens with one attached hydrogen (secondary N) is 3. The zero-order valence-corrected chi connectivity index (χ0v) is 19.2. The number of halogens is 4. The molecular formula is C17H26F3IN8O. The highest BCUT2D eigenvalue weighted by molar-refractivity contribution is 14.0. The van der Waals surface area contributed by atoms with Crippen LogP contribution in [0.5, 0.6) is 0 Å². The number of aryl methyl sites for hydroxylation is 1. The molecule has 168 valence electrons. The second-order valence-electron chi connectivity index (χ2n) is 6.49. The van der Waals surface area contributed by atoms with Gasteiger partial charge in [0.15, 0.2) is 5.96 Å². The molecule has 13 heteroatoms. The van der Waals surface area contributed by atoms with E-state index in [0.717, 1.165) is 12.3 Å². The number of aromatic nitrogens is 4. The van der Waals surface area contributed by atoms with Crippen LogP contribution in [0.1, 0.15) is 25.1 Å². The van der Waals surface area contributed by atoms with E-state index in [1.807, 2.05) is 6.92 Å². The average Bonchev–Trinajstić information content (AvgIpc) is 3.10. The molecule has 0 saturated heterocycles. The maximum Gasteiger partial charge on any atom is 0.433 e. The number of rotatable bonds is 8. The van der Waals surface area contributed by atoms with Crippen LogP contribution < -0.4 is 16.0 Å². The number of aliphatic hydroxyl groups is 1. The number of nitrogens with zero attached hydrogens (tertiary/aromatic N) is 5. The summed E-state index contributed by atoms with van der Waals surface area (Å²) in [6.07, 6.45) is -0.172. The molecule has 1 atom stereocenters. The summed E-state index contributed by atoms with van der Waals surface area (Å²) in [5.41, 5.74) is -1.56. The summed E-state index contributed by atoms with van der Waals surface area (Å²) in [5.74, 6) is 0.353. The zero-order valence-electron chi connectivity index (χ0n) is 16.9. The van der Waals surface area contributed by atoms with Crippen molar-refractivity contribution < 1.29 is 18.3 Å². The van der Waals surface area contributed by atoms with Crippen molar-refractivity contribution in [3.8, 4) is 0 Å². The molecule has 1 unspecified atom stereocenters. The molecule has 0 amide bonds. The van der Waals surface area contributed by atoms with Crippen molar-refractivity contribution in [2.45, 2.75) is 25.6 Å². The largest absolute Gasteiger partial charge is 0.433 e. The van der Waals surface area contributed by atoms with Crippen molar-refractivity contribution in [1.82, 2.24) is 30.4 Å². The van der Waals surface area contributed by atoms with Gasteiger partial charge in [0.25, 0.3) is 0 Å². The Kier molecular flexibility index (Phi) is 9.74. The van der Waals surface area contributed by atoms with Crippen LogP contribution in [-0.4, -0.2) is 57.0 Å². The predicted octanol–water partition coefficient (Wildman–Crippen LogP) is 1.72. The summed E-state index contributed by atoms with van der Waals surface area (Å²) in [6.45, 7) is 4.85. The molecule has 0 aliphatic rings. The van der Waals surface area contributed by atoms with Gasteiger partial charge in [0.05, 0.1) is 12.7 Å². The van der Waals surface area contributed by atoms with E-state index in [0.29, 0.717) is 24.6 Å². The lowest BCUT2D eigenvalue weighted by Gasteiger charge is -2.20. The Hall–Kier alpha value is -2.16. The molecule has 2 rings (SSSR count). The number of hydrogen-bond donors (Lipinski definition) is 4. The molecule has 30 heavy (non-hydrogen) atoms. The van der Waals surface area contributed by atoms with Gasteiger partial charge in [-0.1, -0.05) is 0 Å². The summed E-state index contributed by atoms with van der Waals surface area (Å²) < 4.78 is 39.6. The number of hydrogen-bond acceptors (Lipinski definition) is 6. The van der Waals surface area contributed by atoms with Crippen molar-refractivity contribution in [2.75, 3.05) is 31.5 Å². The van der Waals surface area contributed by atoms with Crippen LogP contribution >= 0.6 is 24.0 Å². The lowest BCUT2D eigenvalue weighted by Crippen LogP contribution is -2.40. The van der Waals surface area contributed by atoms with Crippen LogP contribution in [0.3, 0.4) is 0 Å². The molecule has 0 saturated carbocycles. The standard InChI is InChI=1S/C17H25F3N8O.HI/c1-4-21-14(25-11-16(2,29)12-9-26-28(3)10-12)23-7-8-24-15-22-6-5-13(27-15)17(18,19)20;/h5-6,9-10,29H,4,7-8,11H2,1-3H3,(H2,21,23,25)(H,22,24,27);1H. The van der Waals surface area contributed by atoms with Gasteiger partial charge in [-0.3, -0.25) is 4.68 Å². The SMILES string of the molecule is CCNC(=NCC(C)(O)c1cnn(C)c1)NCCNc1nccc(C(F)(F)F)n1.I. The minimum atomic E-state index is -4.52. The highest BCUT2D eigenvalue weighted by Crippen LogP contribution is 2.27. The van der Waals surface area contributed by atoms with Crippen LogP contribution in [0.2, 0.25) is 0 Å². The molecular weight excluding hydrogens is 516 g/mol. The van der Waals surface area contributed by atoms with E-state index < -0.39 is 17.5 Å². The van der Waals surface area contributed by atoms with E-state index in [1.54, 1.807) is 31.0 Å². The number of aliphatic imine (C=N–C) groups is 1. The molecule has 0 radical (unpaired) electrons. The molecule has 0 bridgehead atoms. The second-order valence-corrected chi connectivity index (χ2v) is 6.49. The fraction of sp³-hybridized carbons (Fsp3) is 0.529. The first-order chi connectivity index (χ1) is 13.6. The molecule has 0 spiro atoms. The number of alkyl halides is 3. The first kappa shape index (κ1) is 25.9. The monoisotopic (exact) mass is 542 g/mol. The van der Waals surface area contributed by atoms with Crippen LogP contribution in [0, 0.1) is 0 Å². The van der Waals surface area contributed by atoms with Gasteiger partial charge in [-0.2, -0.15) is 18.3 Å². The minimum absolute atomic E-state index is 0. The topological polar surface area (TPSA) is 112 Å². The fourth-order valence-corrected chi connectivity index (χ4v) is 2.32. The zero-order chi connectivity index (χ0) is 21.5. The lowest BCUT2D eigenvalue weighted by atomic mass is 10.0. The molecule has 0 fully saturated rings. The van der Waals surface area contributed by atoms with Gasteiger partial charge >= 0.3 is 6.18 Å². The lowest BCUT2D eigenvalue weighted by molar-refractivity contribution is -0.141. The normalized spacial score (nSPS) is 13.9. The van der Waals surface area contributed by atoms with Crippen LogP contribution in [0.25, 0.3) is 0 Å². The molecule has 0 aromatic carbocycles. The molecule has 2 aromatic heterocycles. The van der Waals surface area contributed by atoms with Gasteiger partial charge < -0.3 is 21.1 Å². The summed E-state index contributed by atoms with van der Waals surface area (Å²) in [6, 6.07) is 0.813. The first-order valence-corrected chi connectivity index (χ1v) is 8.99. The van der Waals surface area contributed by atoms with Gasteiger partial charge in [0, 0.05) is 44.6 Å². The molecule has 9 nitrogen and oxygen atoms in total. The fourth-order valence-electron chi connectivity index (χ4n) is 2.32. The maximum absolute atomic E-state index is 12.7. The Morgan fingerprint density at radius 2 is 2.00 bits per heavy atom. The Morgan fingerprint density at radius 1 is 1.27 bits per heavy atom. The van der Waals surface area contributed by atoms with Gasteiger partial charge in [-0.25, -0.2) is 15.0 Å². The Morgan fingerprint density at radius 3 is 2.60 bits per heavy atom. The first-order valence-electron chi connectivity index (χ1n) is 8.99. The highest BCUT2D eigenvalue weighted by atomic mass is 127. The van der Waals surface area contributed by atoms with Gasteiger partial charge in [0.1, 0.15) is 11.3 Å². The van der Waals surface area contributed by atoms with Crippen molar-refractivity contribution in [3.05, 3.63) is 35.9 Å². The third-order valence-electron chi connectivity index (χ3n) is 3.86. The smallest absolute Gasteiger partial charge is 0.383 e. The molecule has 2 aromatic rings. The summed E-state index contributed by atoms with van der Waals surface area (Å²) in [7, 11) is 1.76. The maximum atomic E-state index is 12.7. The summed E-state index contributed by atoms with van der Waals surface area (Å²) >= 11 is 0. The third-order valence-corrected chi connectivity index (χ3v) is 3.86. The molecule has 0 aliphatic heterocycles. The van der Waals surface area contributed by atoms with E-state index in [2.05, 4.69) is 36.0 Å². The average molecular weight is 542 g/mol. The second kappa shape index (κ2) is 11.3. The Bertz CT molecular complexity index is 825. The number of anilines is 1. The van der Waals surface area contributed by atoms with Gasteiger partial charge in [-0.05, 0) is 19.9 Å². The quantitative estimate of drug-likeness (QED) is 0.174. The predicted molar refractivity (Wildman–Crippen MR) is 118 cm³/mol. The van der Waals surface area contributed by atoms with Crippen molar-refractivity contribution >= 4 is 35.9 Å². The van der Waals surface area contributed by atoms with Gasteiger partial charge in [-0.15, -0.1) is 24.0 Å². The van der Waals surface area contributed by atoms with Gasteiger partial charge in [0.2, 0.25) is 5.95 Å². The minimum Gasteiger partial charge on any atom is -0.383 e. The number of guanidine groups is 1. The van der Waals surface area contributed by atoms with Crippen molar-refractivity contribution in [3.63, 3.8) is 0 Å². The van der Waals surface area contributed by atoms with E-state index in [-0.39, 0.29) is 43.0 Å². The van der Waals surface area contributed by atoms with E-state index in [4.69, 9.17) is 0 Å². The Balaban J connectivity index is 0.00000450. The van der Waals surface area contributed by atoms with Crippen LogP contribution in [0.15, 0.2) is 29.6 Å². The molecule has 4 N–H and O–H groups in total. The highest BCUT2D eigenvalue weighted by Gasteiger charge is 2.32. The third kappa shape index (κ3) is 7.93. The van der Waals surface area contributed by atoms with E-state index >= 15 is 0 Å². The van der Waals surface area contributed by atoms with Crippen molar-refractivity contribution in [1.29, 1.82) is 0 Å². The summed E-state index contributed by atoms with van der Waals surface area (Å²) in [4.78, 5) is 11.6. The van der Waals surface area contributed by atoms with Crippen LogP contribution in [0.4, 0.5) is 19.1 Å². The van der Waals surface area contributed by atoms with Crippen molar-refractivity contribution in [2.24, 2.45) is 12.0 Å². The van der Waals surface area contributed by atoms with E-state index in [1.165, 1.54) is 0 Å².